The van der Waals surface area contributed by atoms with E-state index in [1.165, 1.54) is 0 Å². The monoisotopic (exact) mass is 423 g/mol. The maximum absolute atomic E-state index is 12.0. The van der Waals surface area contributed by atoms with Crippen LogP contribution in [0.3, 0.4) is 0 Å². The third-order valence-electron chi connectivity index (χ3n) is 3.47. The molecule has 0 aliphatic carbocycles. The zero-order chi connectivity index (χ0) is 16.7. The molecule has 0 aromatic heterocycles. The normalized spacial score (nSPS) is 11.7. The summed E-state index contributed by atoms with van der Waals surface area (Å²) in [5.74, 6) is -1.26. The third kappa shape index (κ3) is 6.02. The van der Waals surface area contributed by atoms with E-state index >= 15 is 0 Å². The smallest absolute Gasteiger partial charge is 0.326 e. The highest BCUT2D eigenvalue weighted by Gasteiger charge is 2.20. The molecule has 2 aromatic rings. The first-order valence-electron chi connectivity index (χ1n) is 7.35. The standard InChI is InChI=1S/C18H18INO3/c19-15-9-6-14(7-10-15)12-16(18(22)23)20-17(21)11-8-13-4-2-1-3-5-13/h1-7,9-10,16H,8,11-12H2,(H,20,21)(H,22,23)/t16-/m0/s1. The predicted molar refractivity (Wildman–Crippen MR) is 97.2 cm³/mol. The zero-order valence-electron chi connectivity index (χ0n) is 12.5. The number of benzene rings is 2. The molecule has 1 amide bonds. The van der Waals surface area contributed by atoms with Crippen molar-refractivity contribution in [1.29, 1.82) is 0 Å². The lowest BCUT2D eigenvalue weighted by Gasteiger charge is -2.15. The van der Waals surface area contributed by atoms with Gasteiger partial charge in [0.2, 0.25) is 5.91 Å². The summed E-state index contributed by atoms with van der Waals surface area (Å²) < 4.78 is 1.09. The van der Waals surface area contributed by atoms with E-state index in [0.29, 0.717) is 6.42 Å². The first kappa shape index (κ1) is 17.5. The second-order valence-electron chi connectivity index (χ2n) is 5.27. The van der Waals surface area contributed by atoms with E-state index in [4.69, 9.17) is 0 Å². The van der Waals surface area contributed by atoms with Gasteiger partial charge >= 0.3 is 5.97 Å². The van der Waals surface area contributed by atoms with Crippen LogP contribution < -0.4 is 5.32 Å². The number of carbonyl (C=O) groups excluding carboxylic acids is 1. The van der Waals surface area contributed by atoms with Crippen molar-refractivity contribution in [2.75, 3.05) is 0 Å². The maximum Gasteiger partial charge on any atom is 0.326 e. The summed E-state index contributed by atoms with van der Waals surface area (Å²) in [6, 6.07) is 16.4. The Morgan fingerprint density at radius 3 is 2.26 bits per heavy atom. The minimum absolute atomic E-state index is 0.244. The van der Waals surface area contributed by atoms with Gasteiger partial charge in [0, 0.05) is 16.4 Å². The maximum atomic E-state index is 12.0. The number of amides is 1. The Morgan fingerprint density at radius 1 is 1.00 bits per heavy atom. The highest BCUT2D eigenvalue weighted by atomic mass is 127. The summed E-state index contributed by atoms with van der Waals surface area (Å²) in [6.07, 6.45) is 1.16. The first-order valence-corrected chi connectivity index (χ1v) is 8.43. The molecule has 120 valence electrons. The molecule has 0 bridgehead atoms. The molecule has 0 unspecified atom stereocenters. The number of nitrogens with one attached hydrogen (secondary N) is 1. The lowest BCUT2D eigenvalue weighted by molar-refractivity contribution is -0.141. The Kier molecular flexibility index (Phi) is 6.58. The van der Waals surface area contributed by atoms with Crippen molar-refractivity contribution in [2.24, 2.45) is 0 Å². The van der Waals surface area contributed by atoms with Crippen molar-refractivity contribution in [1.82, 2.24) is 5.32 Å². The Balaban J connectivity index is 1.89. The summed E-state index contributed by atoms with van der Waals surface area (Å²) in [5, 5.41) is 11.9. The molecule has 1 atom stereocenters. The number of carboxylic acid groups (broad SMARTS) is 1. The number of aryl methyl sites for hydroxylation is 1. The Labute approximate surface area is 149 Å². The van der Waals surface area contributed by atoms with E-state index in [-0.39, 0.29) is 18.7 Å². The molecule has 0 radical (unpaired) electrons. The predicted octanol–water partition coefficient (Wildman–Crippen LogP) is 3.04. The van der Waals surface area contributed by atoms with E-state index < -0.39 is 12.0 Å². The molecular weight excluding hydrogens is 405 g/mol. The van der Waals surface area contributed by atoms with Gasteiger partial charge < -0.3 is 10.4 Å². The molecule has 0 spiro atoms. The van der Waals surface area contributed by atoms with Gasteiger partial charge in [0.1, 0.15) is 6.04 Å². The van der Waals surface area contributed by atoms with Crippen LogP contribution in [0, 0.1) is 3.57 Å². The molecule has 4 nitrogen and oxygen atoms in total. The van der Waals surface area contributed by atoms with E-state index in [0.717, 1.165) is 14.7 Å². The van der Waals surface area contributed by atoms with Crippen LogP contribution in [-0.2, 0) is 22.4 Å². The highest BCUT2D eigenvalue weighted by molar-refractivity contribution is 14.1. The number of hydrogen-bond acceptors (Lipinski definition) is 2. The van der Waals surface area contributed by atoms with Crippen LogP contribution in [0.4, 0.5) is 0 Å². The minimum atomic E-state index is -1.02. The second-order valence-corrected chi connectivity index (χ2v) is 6.52. The SMILES string of the molecule is O=C(CCc1ccccc1)N[C@@H](Cc1ccc(I)cc1)C(=O)O. The number of halogens is 1. The summed E-state index contributed by atoms with van der Waals surface area (Å²) in [7, 11) is 0. The summed E-state index contributed by atoms with van der Waals surface area (Å²) in [4.78, 5) is 23.4. The van der Waals surface area contributed by atoms with Crippen molar-refractivity contribution in [2.45, 2.75) is 25.3 Å². The molecule has 0 aliphatic heterocycles. The molecule has 0 saturated carbocycles. The fraction of sp³-hybridized carbons (Fsp3) is 0.222. The molecule has 0 saturated heterocycles. The van der Waals surface area contributed by atoms with Gasteiger partial charge in [-0.15, -0.1) is 0 Å². The van der Waals surface area contributed by atoms with Crippen LogP contribution >= 0.6 is 22.6 Å². The zero-order valence-corrected chi connectivity index (χ0v) is 14.7. The molecule has 2 aromatic carbocycles. The molecule has 0 aliphatic rings. The second kappa shape index (κ2) is 8.67. The molecule has 2 N–H and O–H groups in total. The van der Waals surface area contributed by atoms with Crippen molar-refractivity contribution in [3.63, 3.8) is 0 Å². The molecule has 0 heterocycles. The average molecular weight is 423 g/mol. The third-order valence-corrected chi connectivity index (χ3v) is 4.19. The topological polar surface area (TPSA) is 66.4 Å². The van der Waals surface area contributed by atoms with Crippen molar-refractivity contribution < 1.29 is 14.7 Å². The van der Waals surface area contributed by atoms with Crippen molar-refractivity contribution in [3.05, 3.63) is 69.3 Å². The van der Waals surface area contributed by atoms with Crippen LogP contribution in [0.1, 0.15) is 17.5 Å². The molecular formula is C18H18INO3. The van der Waals surface area contributed by atoms with Gasteiger partial charge in [-0.05, 0) is 52.3 Å². The van der Waals surface area contributed by atoms with E-state index in [1.807, 2.05) is 54.6 Å². The Morgan fingerprint density at radius 2 is 1.65 bits per heavy atom. The van der Waals surface area contributed by atoms with Crippen LogP contribution in [0.5, 0.6) is 0 Å². The lowest BCUT2D eigenvalue weighted by Crippen LogP contribution is -2.42. The highest BCUT2D eigenvalue weighted by Crippen LogP contribution is 2.09. The fourth-order valence-electron chi connectivity index (χ4n) is 2.23. The number of carboxylic acids is 1. The van der Waals surface area contributed by atoms with Gasteiger partial charge in [-0.3, -0.25) is 4.79 Å². The summed E-state index contributed by atoms with van der Waals surface area (Å²) in [6.45, 7) is 0. The number of hydrogen-bond donors (Lipinski definition) is 2. The van der Waals surface area contributed by atoms with Crippen LogP contribution in [0.2, 0.25) is 0 Å². The van der Waals surface area contributed by atoms with Gasteiger partial charge in [0.05, 0.1) is 0 Å². The Bertz CT molecular complexity index is 656. The van der Waals surface area contributed by atoms with Crippen LogP contribution in [0.15, 0.2) is 54.6 Å². The van der Waals surface area contributed by atoms with E-state index in [1.54, 1.807) is 0 Å². The summed E-state index contributed by atoms with van der Waals surface area (Å²) >= 11 is 2.19. The quantitative estimate of drug-likeness (QED) is 0.673. The summed E-state index contributed by atoms with van der Waals surface area (Å²) in [5.41, 5.74) is 1.95. The number of carbonyl (C=O) groups is 2. The number of aliphatic carboxylic acids is 1. The lowest BCUT2D eigenvalue weighted by atomic mass is 10.1. The van der Waals surface area contributed by atoms with Gasteiger partial charge in [-0.2, -0.15) is 0 Å². The largest absolute Gasteiger partial charge is 0.480 e. The van der Waals surface area contributed by atoms with Gasteiger partial charge in [-0.1, -0.05) is 42.5 Å². The molecule has 2 rings (SSSR count). The average Bonchev–Trinajstić information content (AvgIpc) is 2.55. The Hall–Kier alpha value is -1.89. The van der Waals surface area contributed by atoms with Gasteiger partial charge in [-0.25, -0.2) is 4.79 Å². The fourth-order valence-corrected chi connectivity index (χ4v) is 2.58. The minimum Gasteiger partial charge on any atom is -0.480 e. The van der Waals surface area contributed by atoms with Crippen molar-refractivity contribution in [3.8, 4) is 0 Å². The molecule has 5 heteroatoms. The number of rotatable bonds is 7. The van der Waals surface area contributed by atoms with Gasteiger partial charge in [0.15, 0.2) is 0 Å². The van der Waals surface area contributed by atoms with Crippen LogP contribution in [0.25, 0.3) is 0 Å². The van der Waals surface area contributed by atoms with Crippen molar-refractivity contribution >= 4 is 34.5 Å². The molecule has 23 heavy (non-hydrogen) atoms. The van der Waals surface area contributed by atoms with E-state index in [2.05, 4.69) is 27.9 Å². The van der Waals surface area contributed by atoms with Crippen LogP contribution in [-0.4, -0.2) is 23.0 Å². The molecule has 0 fully saturated rings. The first-order chi connectivity index (χ1) is 11.0. The van der Waals surface area contributed by atoms with E-state index in [9.17, 15) is 14.7 Å². The van der Waals surface area contributed by atoms with Gasteiger partial charge in [0.25, 0.3) is 0 Å².